The highest BCUT2D eigenvalue weighted by molar-refractivity contribution is 5.61. The number of hydrogen-bond acceptors (Lipinski definition) is 4. The molecule has 2 heterocycles. The Labute approximate surface area is 109 Å². The zero-order valence-electron chi connectivity index (χ0n) is 11.7. The molecule has 1 aliphatic heterocycles. The Kier molecular flexibility index (Phi) is 4.07. The van der Waals surface area contributed by atoms with Crippen LogP contribution in [-0.2, 0) is 6.42 Å². The Balaban J connectivity index is 2.23. The zero-order chi connectivity index (χ0) is 13.1. The Hall–Kier alpha value is -1.29. The van der Waals surface area contributed by atoms with E-state index < -0.39 is 0 Å². The van der Waals surface area contributed by atoms with E-state index in [1.54, 1.807) is 7.11 Å². The van der Waals surface area contributed by atoms with Gasteiger partial charge in [0.15, 0.2) is 0 Å². The summed E-state index contributed by atoms with van der Waals surface area (Å²) in [6.07, 6.45) is 4.15. The van der Waals surface area contributed by atoms with Gasteiger partial charge in [-0.2, -0.15) is 0 Å². The van der Waals surface area contributed by atoms with E-state index in [0.717, 1.165) is 37.2 Å². The molecule has 4 heteroatoms. The molecule has 0 aliphatic carbocycles. The summed E-state index contributed by atoms with van der Waals surface area (Å²) in [7, 11) is 3.75. The van der Waals surface area contributed by atoms with Gasteiger partial charge in [-0.1, -0.05) is 19.9 Å². The molecule has 0 unspecified atom stereocenters. The summed E-state index contributed by atoms with van der Waals surface area (Å²) in [4.78, 5) is 6.86. The number of oxazole rings is 1. The summed E-state index contributed by atoms with van der Waals surface area (Å²) in [5.74, 6) is 1.82. The standard InChI is InChI=1S/C14H22N2O2/c1-10(2)8-12-14(17-4)18-13(15-12)11-6-5-7-16(3)9-11/h6,10H,5,7-9H2,1-4H3. The van der Waals surface area contributed by atoms with Crippen molar-refractivity contribution in [2.45, 2.75) is 26.7 Å². The maximum Gasteiger partial charge on any atom is 0.308 e. The fourth-order valence-corrected chi connectivity index (χ4v) is 2.20. The number of rotatable bonds is 4. The van der Waals surface area contributed by atoms with Crippen LogP contribution in [0.5, 0.6) is 5.95 Å². The second-order valence-corrected chi connectivity index (χ2v) is 5.31. The molecule has 4 nitrogen and oxygen atoms in total. The summed E-state index contributed by atoms with van der Waals surface area (Å²) < 4.78 is 11.0. The van der Waals surface area contributed by atoms with Gasteiger partial charge in [-0.3, -0.25) is 0 Å². The molecule has 0 spiro atoms. The first kappa shape index (κ1) is 13.1. The molecule has 2 rings (SSSR count). The van der Waals surface area contributed by atoms with Crippen molar-refractivity contribution in [3.63, 3.8) is 0 Å². The second kappa shape index (κ2) is 5.57. The first-order valence-corrected chi connectivity index (χ1v) is 6.51. The van der Waals surface area contributed by atoms with Gasteiger partial charge in [0.05, 0.1) is 7.11 Å². The van der Waals surface area contributed by atoms with Crippen molar-refractivity contribution in [2.75, 3.05) is 27.2 Å². The van der Waals surface area contributed by atoms with Crippen molar-refractivity contribution < 1.29 is 9.15 Å². The molecule has 18 heavy (non-hydrogen) atoms. The number of ether oxygens (including phenoxy) is 1. The maximum absolute atomic E-state index is 5.72. The first-order valence-electron chi connectivity index (χ1n) is 6.51. The second-order valence-electron chi connectivity index (χ2n) is 5.31. The minimum absolute atomic E-state index is 0.542. The average Bonchev–Trinajstić information content (AvgIpc) is 2.71. The molecular weight excluding hydrogens is 228 g/mol. The number of methoxy groups -OCH3 is 1. The highest BCUT2D eigenvalue weighted by Gasteiger charge is 2.20. The molecule has 0 fully saturated rings. The Morgan fingerprint density at radius 2 is 2.28 bits per heavy atom. The van der Waals surface area contributed by atoms with Gasteiger partial charge in [0.1, 0.15) is 5.69 Å². The van der Waals surface area contributed by atoms with Crippen LogP contribution in [0.4, 0.5) is 0 Å². The molecule has 0 N–H and O–H groups in total. The predicted octanol–water partition coefficient (Wildman–Crippen LogP) is 2.60. The lowest BCUT2D eigenvalue weighted by Gasteiger charge is -2.20. The third-order valence-corrected chi connectivity index (χ3v) is 3.07. The Bertz CT molecular complexity index is 435. The highest BCUT2D eigenvalue weighted by atomic mass is 16.6. The van der Waals surface area contributed by atoms with E-state index in [1.807, 2.05) is 0 Å². The van der Waals surface area contributed by atoms with Gasteiger partial charge in [0, 0.05) is 18.7 Å². The number of likely N-dealkylation sites (N-methyl/N-ethyl adjacent to an activating group) is 1. The van der Waals surface area contributed by atoms with Crippen LogP contribution in [0.3, 0.4) is 0 Å². The van der Waals surface area contributed by atoms with Gasteiger partial charge >= 0.3 is 5.95 Å². The smallest absolute Gasteiger partial charge is 0.308 e. The number of nitrogens with zero attached hydrogens (tertiary/aromatic N) is 2. The van der Waals surface area contributed by atoms with E-state index in [0.29, 0.717) is 17.8 Å². The zero-order valence-corrected chi connectivity index (χ0v) is 11.7. The third kappa shape index (κ3) is 2.93. The van der Waals surface area contributed by atoms with Crippen LogP contribution in [0.2, 0.25) is 0 Å². The van der Waals surface area contributed by atoms with Crippen molar-refractivity contribution in [3.05, 3.63) is 17.7 Å². The quantitative estimate of drug-likeness (QED) is 0.823. The summed E-state index contributed by atoms with van der Waals surface area (Å²) >= 11 is 0. The van der Waals surface area contributed by atoms with Crippen LogP contribution < -0.4 is 4.74 Å². The molecule has 0 amide bonds. The normalized spacial score (nSPS) is 17.1. The SMILES string of the molecule is COc1oc(C2=CCCN(C)C2)nc1CC(C)C. The van der Waals surface area contributed by atoms with Crippen LogP contribution in [-0.4, -0.2) is 37.1 Å². The largest absolute Gasteiger partial charge is 0.467 e. The number of hydrogen-bond donors (Lipinski definition) is 0. The minimum Gasteiger partial charge on any atom is -0.467 e. The van der Waals surface area contributed by atoms with E-state index in [2.05, 4.69) is 36.9 Å². The molecule has 0 radical (unpaired) electrons. The lowest BCUT2D eigenvalue weighted by atomic mass is 10.1. The lowest BCUT2D eigenvalue weighted by molar-refractivity contribution is 0.294. The van der Waals surface area contributed by atoms with E-state index in [-0.39, 0.29) is 0 Å². The van der Waals surface area contributed by atoms with Gasteiger partial charge in [0.25, 0.3) is 0 Å². The minimum atomic E-state index is 0.542. The molecule has 0 saturated carbocycles. The summed E-state index contributed by atoms with van der Waals surface area (Å²) in [6, 6.07) is 0. The van der Waals surface area contributed by atoms with Crippen LogP contribution in [0.25, 0.3) is 5.57 Å². The summed E-state index contributed by atoms with van der Waals surface area (Å²) in [5.41, 5.74) is 2.09. The third-order valence-electron chi connectivity index (χ3n) is 3.07. The Morgan fingerprint density at radius 1 is 1.50 bits per heavy atom. The van der Waals surface area contributed by atoms with Crippen molar-refractivity contribution in [2.24, 2.45) is 5.92 Å². The number of aromatic nitrogens is 1. The monoisotopic (exact) mass is 250 g/mol. The highest BCUT2D eigenvalue weighted by Crippen LogP contribution is 2.28. The van der Waals surface area contributed by atoms with Crippen LogP contribution in [0.15, 0.2) is 10.5 Å². The molecule has 0 saturated heterocycles. The summed E-state index contributed by atoms with van der Waals surface area (Å²) in [5, 5.41) is 0. The van der Waals surface area contributed by atoms with Crippen LogP contribution in [0.1, 0.15) is 31.9 Å². The molecule has 1 aromatic heterocycles. The maximum atomic E-state index is 5.72. The van der Waals surface area contributed by atoms with Gasteiger partial charge in [-0.15, -0.1) is 0 Å². The van der Waals surface area contributed by atoms with E-state index >= 15 is 0 Å². The molecular formula is C14H22N2O2. The van der Waals surface area contributed by atoms with Gasteiger partial charge < -0.3 is 14.1 Å². The fraction of sp³-hybridized carbons (Fsp3) is 0.643. The van der Waals surface area contributed by atoms with E-state index in [4.69, 9.17) is 9.15 Å². The molecule has 1 aliphatic rings. The fourth-order valence-electron chi connectivity index (χ4n) is 2.20. The molecule has 0 aromatic carbocycles. The van der Waals surface area contributed by atoms with Gasteiger partial charge in [-0.05, 0) is 25.8 Å². The van der Waals surface area contributed by atoms with Crippen molar-refractivity contribution in [1.82, 2.24) is 9.88 Å². The van der Waals surface area contributed by atoms with Crippen molar-refractivity contribution in [1.29, 1.82) is 0 Å². The average molecular weight is 250 g/mol. The van der Waals surface area contributed by atoms with Crippen LogP contribution >= 0.6 is 0 Å². The molecule has 1 aromatic rings. The lowest BCUT2D eigenvalue weighted by Crippen LogP contribution is -2.25. The molecule has 0 atom stereocenters. The van der Waals surface area contributed by atoms with Gasteiger partial charge in [-0.25, -0.2) is 4.98 Å². The molecule has 0 bridgehead atoms. The first-order chi connectivity index (χ1) is 8.60. The van der Waals surface area contributed by atoms with Crippen LogP contribution in [0, 0.1) is 5.92 Å². The topological polar surface area (TPSA) is 38.5 Å². The Morgan fingerprint density at radius 3 is 2.89 bits per heavy atom. The van der Waals surface area contributed by atoms with Crippen molar-refractivity contribution >= 4 is 5.57 Å². The van der Waals surface area contributed by atoms with Gasteiger partial charge in [0.2, 0.25) is 5.89 Å². The van der Waals surface area contributed by atoms with E-state index in [9.17, 15) is 0 Å². The predicted molar refractivity (Wildman–Crippen MR) is 71.7 cm³/mol. The van der Waals surface area contributed by atoms with E-state index in [1.165, 1.54) is 0 Å². The molecule has 100 valence electrons. The summed E-state index contributed by atoms with van der Waals surface area (Å²) in [6.45, 7) is 6.33. The van der Waals surface area contributed by atoms with Crippen molar-refractivity contribution in [3.8, 4) is 5.95 Å².